The number of benzene rings is 1. The molecule has 0 spiro atoms. The minimum Gasteiger partial charge on any atom is -0.508 e. The summed E-state index contributed by atoms with van der Waals surface area (Å²) in [5.41, 5.74) is 0.728. The zero-order valence-corrected chi connectivity index (χ0v) is 12.5. The van der Waals surface area contributed by atoms with E-state index in [1.165, 1.54) is 0 Å². The van der Waals surface area contributed by atoms with Crippen molar-refractivity contribution in [2.24, 2.45) is 11.8 Å². The lowest BCUT2D eigenvalue weighted by Crippen LogP contribution is -2.32. The van der Waals surface area contributed by atoms with E-state index in [0.717, 1.165) is 12.0 Å². The average molecular weight is 293 g/mol. The first kappa shape index (κ1) is 17.0. The second-order valence-corrected chi connectivity index (χ2v) is 5.74. The third-order valence-corrected chi connectivity index (χ3v) is 3.13. The third kappa shape index (κ3) is 7.34. The molecule has 0 saturated carbocycles. The van der Waals surface area contributed by atoms with Crippen LogP contribution in [0, 0.1) is 11.8 Å². The normalized spacial score (nSPS) is 12.1. The minimum atomic E-state index is -0.845. The molecule has 1 amide bonds. The lowest BCUT2D eigenvalue weighted by molar-refractivity contribution is -0.138. The van der Waals surface area contributed by atoms with Crippen LogP contribution in [0.1, 0.15) is 32.3 Å². The molecule has 116 valence electrons. The zero-order valence-electron chi connectivity index (χ0n) is 12.5. The molecule has 5 heteroatoms. The molecular formula is C16H23NO4. The molecule has 0 unspecified atom stereocenters. The maximum atomic E-state index is 11.9. The van der Waals surface area contributed by atoms with Crippen LogP contribution in [0.5, 0.6) is 5.75 Å². The van der Waals surface area contributed by atoms with Crippen molar-refractivity contribution in [2.75, 3.05) is 6.54 Å². The minimum absolute atomic E-state index is 0.0596. The van der Waals surface area contributed by atoms with Crippen LogP contribution in [-0.4, -0.2) is 28.6 Å². The van der Waals surface area contributed by atoms with E-state index in [-0.39, 0.29) is 30.4 Å². The number of hydrogen-bond acceptors (Lipinski definition) is 3. The fourth-order valence-electron chi connectivity index (χ4n) is 2.32. The number of carboxylic acid groups (broad SMARTS) is 1. The van der Waals surface area contributed by atoms with Gasteiger partial charge in [0.1, 0.15) is 5.75 Å². The summed E-state index contributed by atoms with van der Waals surface area (Å²) in [6.07, 6.45) is 0.999. The highest BCUT2D eigenvalue weighted by Gasteiger charge is 2.16. The molecule has 1 aromatic rings. The van der Waals surface area contributed by atoms with Gasteiger partial charge in [0.15, 0.2) is 0 Å². The zero-order chi connectivity index (χ0) is 15.8. The van der Waals surface area contributed by atoms with Gasteiger partial charge >= 0.3 is 5.97 Å². The number of amides is 1. The van der Waals surface area contributed by atoms with Crippen LogP contribution in [0.25, 0.3) is 0 Å². The summed E-state index contributed by atoms with van der Waals surface area (Å²) in [5, 5.41) is 21.0. The number of aliphatic carboxylic acids is 1. The Kier molecular flexibility index (Phi) is 6.72. The molecule has 3 N–H and O–H groups in total. The molecule has 0 aliphatic carbocycles. The predicted octanol–water partition coefficient (Wildman–Crippen LogP) is 2.19. The first-order chi connectivity index (χ1) is 9.86. The highest BCUT2D eigenvalue weighted by molar-refractivity contribution is 5.78. The summed E-state index contributed by atoms with van der Waals surface area (Å²) in [4.78, 5) is 22.7. The van der Waals surface area contributed by atoms with Gasteiger partial charge in [0.2, 0.25) is 5.91 Å². The number of phenolic OH excluding ortho intramolecular Hbond substituents is 1. The number of phenols is 1. The molecule has 1 aromatic carbocycles. The first-order valence-corrected chi connectivity index (χ1v) is 7.13. The number of carbonyl (C=O) groups excluding carboxylic acids is 1. The van der Waals surface area contributed by atoms with E-state index in [1.54, 1.807) is 24.3 Å². The predicted molar refractivity (Wildman–Crippen MR) is 80.0 cm³/mol. The summed E-state index contributed by atoms with van der Waals surface area (Å²) in [6.45, 7) is 4.43. The molecule has 0 fully saturated rings. The Labute approximate surface area is 125 Å². The number of rotatable bonds is 8. The molecular weight excluding hydrogens is 270 g/mol. The van der Waals surface area contributed by atoms with Gasteiger partial charge in [-0.1, -0.05) is 26.0 Å². The molecule has 21 heavy (non-hydrogen) atoms. The van der Waals surface area contributed by atoms with Crippen molar-refractivity contribution in [3.8, 4) is 5.75 Å². The lowest BCUT2D eigenvalue weighted by atomic mass is 9.94. The van der Waals surface area contributed by atoms with Gasteiger partial charge in [-0.05, 0) is 36.0 Å². The van der Waals surface area contributed by atoms with E-state index in [0.29, 0.717) is 12.5 Å². The van der Waals surface area contributed by atoms with E-state index in [2.05, 4.69) is 5.32 Å². The van der Waals surface area contributed by atoms with E-state index < -0.39 is 5.97 Å². The molecule has 0 saturated heterocycles. The first-order valence-electron chi connectivity index (χ1n) is 7.13. The van der Waals surface area contributed by atoms with Gasteiger partial charge in [0.25, 0.3) is 0 Å². The molecule has 0 aromatic heterocycles. The van der Waals surface area contributed by atoms with E-state index in [1.807, 2.05) is 13.8 Å². The van der Waals surface area contributed by atoms with Crippen molar-refractivity contribution in [1.82, 2.24) is 5.32 Å². The summed E-state index contributed by atoms with van der Waals surface area (Å²) in [6, 6.07) is 6.54. The van der Waals surface area contributed by atoms with Crippen molar-refractivity contribution < 1.29 is 19.8 Å². The van der Waals surface area contributed by atoms with Crippen LogP contribution in [0.4, 0.5) is 0 Å². The van der Waals surface area contributed by atoms with Gasteiger partial charge < -0.3 is 15.5 Å². The van der Waals surface area contributed by atoms with Crippen molar-refractivity contribution in [2.45, 2.75) is 33.1 Å². The van der Waals surface area contributed by atoms with Crippen molar-refractivity contribution in [1.29, 1.82) is 0 Å². The Bertz CT molecular complexity index is 485. The molecule has 0 radical (unpaired) electrons. The standard InChI is InChI=1S/C16H23NO4/c1-11(2)6-13(9-16(20)21)10-17-15(19)8-12-4-3-5-14(18)7-12/h3-5,7,11,13,18H,6,8-10H2,1-2H3,(H,17,19)(H,20,21)/t13-/m0/s1. The topological polar surface area (TPSA) is 86.6 Å². The fraction of sp³-hybridized carbons (Fsp3) is 0.500. The molecule has 0 bridgehead atoms. The van der Waals surface area contributed by atoms with Gasteiger partial charge in [0, 0.05) is 13.0 Å². The maximum absolute atomic E-state index is 11.9. The Morgan fingerprint density at radius 3 is 2.57 bits per heavy atom. The molecule has 0 aliphatic heterocycles. The van der Waals surface area contributed by atoms with Crippen LogP contribution in [0.3, 0.4) is 0 Å². The summed E-state index contributed by atoms with van der Waals surface area (Å²) >= 11 is 0. The number of carbonyl (C=O) groups is 2. The molecule has 1 atom stereocenters. The van der Waals surface area contributed by atoms with Crippen molar-refractivity contribution in [3.63, 3.8) is 0 Å². The summed E-state index contributed by atoms with van der Waals surface area (Å²) in [5.74, 6) is -0.556. The van der Waals surface area contributed by atoms with E-state index >= 15 is 0 Å². The van der Waals surface area contributed by atoms with Crippen molar-refractivity contribution in [3.05, 3.63) is 29.8 Å². The summed E-state index contributed by atoms with van der Waals surface area (Å²) in [7, 11) is 0. The van der Waals surface area contributed by atoms with Crippen LogP contribution in [0.2, 0.25) is 0 Å². The third-order valence-electron chi connectivity index (χ3n) is 3.13. The van der Waals surface area contributed by atoms with Gasteiger partial charge in [-0.25, -0.2) is 0 Å². The Hall–Kier alpha value is -2.04. The number of nitrogens with one attached hydrogen (secondary N) is 1. The average Bonchev–Trinajstić information content (AvgIpc) is 2.34. The smallest absolute Gasteiger partial charge is 0.303 e. The highest BCUT2D eigenvalue weighted by atomic mass is 16.4. The van der Waals surface area contributed by atoms with Gasteiger partial charge in [0.05, 0.1) is 6.42 Å². The molecule has 0 heterocycles. The van der Waals surface area contributed by atoms with Crippen LogP contribution in [0.15, 0.2) is 24.3 Å². The number of carboxylic acids is 1. The molecule has 0 aliphatic rings. The van der Waals surface area contributed by atoms with E-state index in [4.69, 9.17) is 5.11 Å². The second kappa shape index (κ2) is 8.29. The largest absolute Gasteiger partial charge is 0.508 e. The SMILES string of the molecule is CC(C)C[C@H](CNC(=O)Cc1cccc(O)c1)CC(=O)O. The lowest BCUT2D eigenvalue weighted by Gasteiger charge is -2.17. The maximum Gasteiger partial charge on any atom is 0.303 e. The molecule has 5 nitrogen and oxygen atoms in total. The number of aromatic hydroxyl groups is 1. The fourth-order valence-corrected chi connectivity index (χ4v) is 2.32. The van der Waals surface area contributed by atoms with Crippen LogP contribution in [-0.2, 0) is 16.0 Å². The Morgan fingerprint density at radius 1 is 1.29 bits per heavy atom. The van der Waals surface area contributed by atoms with E-state index in [9.17, 15) is 14.7 Å². The monoisotopic (exact) mass is 293 g/mol. The number of hydrogen-bond donors (Lipinski definition) is 3. The Balaban J connectivity index is 2.47. The van der Waals surface area contributed by atoms with Crippen LogP contribution >= 0.6 is 0 Å². The van der Waals surface area contributed by atoms with Gasteiger partial charge in [-0.15, -0.1) is 0 Å². The molecule has 1 rings (SSSR count). The second-order valence-electron chi connectivity index (χ2n) is 5.74. The summed E-state index contributed by atoms with van der Waals surface area (Å²) < 4.78 is 0. The Morgan fingerprint density at radius 2 is 2.00 bits per heavy atom. The highest BCUT2D eigenvalue weighted by Crippen LogP contribution is 2.15. The van der Waals surface area contributed by atoms with Crippen LogP contribution < -0.4 is 5.32 Å². The van der Waals surface area contributed by atoms with Gasteiger partial charge in [-0.2, -0.15) is 0 Å². The quantitative estimate of drug-likeness (QED) is 0.685. The van der Waals surface area contributed by atoms with Gasteiger partial charge in [-0.3, -0.25) is 9.59 Å². The van der Waals surface area contributed by atoms with Crippen molar-refractivity contribution >= 4 is 11.9 Å².